The second-order valence-corrected chi connectivity index (χ2v) is 9.02. The summed E-state index contributed by atoms with van der Waals surface area (Å²) in [5.74, 6) is 0.664. The number of aromatic nitrogens is 6. The molecule has 4 aromatic heterocycles. The van der Waals surface area contributed by atoms with Crippen molar-refractivity contribution in [1.82, 2.24) is 29.1 Å². The van der Waals surface area contributed by atoms with Crippen LogP contribution in [0.1, 0.15) is 23.9 Å². The largest absolute Gasteiger partial charge is 0.345 e. The predicted molar refractivity (Wildman–Crippen MR) is 133 cm³/mol. The van der Waals surface area contributed by atoms with E-state index in [4.69, 9.17) is 16.7 Å². The number of hydrogen-bond donors (Lipinski definition) is 1. The van der Waals surface area contributed by atoms with E-state index in [1.807, 2.05) is 6.07 Å². The molecule has 1 aliphatic heterocycles. The lowest BCUT2D eigenvalue weighted by atomic mass is 10.0. The summed E-state index contributed by atoms with van der Waals surface area (Å²) in [5, 5.41) is 15.1. The lowest BCUT2D eigenvalue weighted by Gasteiger charge is -2.27. The number of anilines is 1. The quantitative estimate of drug-likeness (QED) is 0.372. The highest BCUT2D eigenvalue weighted by molar-refractivity contribution is 6.33. The average molecular weight is 501 g/mol. The van der Waals surface area contributed by atoms with Gasteiger partial charge in [0.05, 0.1) is 34.2 Å². The fourth-order valence-corrected chi connectivity index (χ4v) is 5.06. The molecule has 9 nitrogen and oxygen atoms in total. The topological polar surface area (TPSA) is 108 Å². The summed E-state index contributed by atoms with van der Waals surface area (Å²) < 4.78 is 18.8. The van der Waals surface area contributed by atoms with Crippen molar-refractivity contribution in [3.8, 4) is 11.8 Å². The lowest BCUT2D eigenvalue weighted by molar-refractivity contribution is 0.254. The van der Waals surface area contributed by atoms with Crippen molar-refractivity contribution < 1.29 is 4.39 Å². The summed E-state index contributed by atoms with van der Waals surface area (Å²) in [5.41, 5.74) is -0.629. The molecule has 178 valence electrons. The molecule has 36 heavy (non-hydrogen) atoms. The summed E-state index contributed by atoms with van der Waals surface area (Å²) in [4.78, 5) is 27.1. The van der Waals surface area contributed by atoms with Gasteiger partial charge in [-0.25, -0.2) is 18.9 Å². The van der Waals surface area contributed by atoms with E-state index >= 15 is 4.39 Å². The van der Waals surface area contributed by atoms with Gasteiger partial charge in [0.25, 0.3) is 5.56 Å². The number of fused-ring (bicyclic) bond motifs is 2. The minimum atomic E-state index is -1.80. The van der Waals surface area contributed by atoms with Crippen LogP contribution in [0.25, 0.3) is 22.2 Å². The molecule has 1 aromatic carbocycles. The molecule has 2 atom stereocenters. The van der Waals surface area contributed by atoms with Crippen LogP contribution in [0.4, 0.5) is 10.2 Å². The number of para-hydroxylation sites is 1. The Morgan fingerprint density at radius 3 is 2.83 bits per heavy atom. The third-order valence-corrected chi connectivity index (χ3v) is 6.83. The third-order valence-electron chi connectivity index (χ3n) is 6.53. The molecule has 1 N–H and O–H groups in total. The zero-order valence-corrected chi connectivity index (χ0v) is 19.5. The molecule has 5 heterocycles. The number of H-pyrrole nitrogens is 1. The van der Waals surface area contributed by atoms with E-state index in [9.17, 15) is 10.1 Å². The van der Waals surface area contributed by atoms with Crippen LogP contribution >= 0.6 is 11.6 Å². The highest BCUT2D eigenvalue weighted by atomic mass is 35.5. The summed E-state index contributed by atoms with van der Waals surface area (Å²) in [6.07, 6.45) is 5.71. The molecule has 0 amide bonds. The van der Waals surface area contributed by atoms with Crippen LogP contribution in [0, 0.1) is 11.3 Å². The van der Waals surface area contributed by atoms with Gasteiger partial charge in [0.15, 0.2) is 5.82 Å². The molecule has 11 heteroatoms. The molecule has 0 radical (unpaired) electrons. The Bertz CT molecular complexity index is 1750. The Morgan fingerprint density at radius 2 is 2.08 bits per heavy atom. The highest BCUT2D eigenvalue weighted by Gasteiger charge is 2.46. The number of rotatable bonds is 4. The van der Waals surface area contributed by atoms with Crippen molar-refractivity contribution in [1.29, 1.82) is 5.26 Å². The molecule has 0 saturated carbocycles. The van der Waals surface area contributed by atoms with E-state index in [0.29, 0.717) is 33.9 Å². The van der Waals surface area contributed by atoms with E-state index in [1.54, 1.807) is 41.4 Å². The van der Waals surface area contributed by atoms with Gasteiger partial charge in [0.2, 0.25) is 0 Å². The number of benzene rings is 1. The van der Waals surface area contributed by atoms with Crippen molar-refractivity contribution in [2.45, 2.75) is 18.1 Å². The second kappa shape index (κ2) is 8.03. The second-order valence-electron chi connectivity index (χ2n) is 8.61. The summed E-state index contributed by atoms with van der Waals surface area (Å²) in [7, 11) is 0. The first-order valence-corrected chi connectivity index (χ1v) is 11.5. The molecule has 1 saturated heterocycles. The monoisotopic (exact) mass is 500 g/mol. The zero-order valence-electron chi connectivity index (χ0n) is 18.8. The third kappa shape index (κ3) is 3.21. The molecule has 0 bridgehead atoms. The van der Waals surface area contributed by atoms with Crippen molar-refractivity contribution in [3.05, 3.63) is 94.5 Å². The molecule has 0 aliphatic carbocycles. The van der Waals surface area contributed by atoms with Gasteiger partial charge in [0.1, 0.15) is 35.0 Å². The minimum absolute atomic E-state index is 0.0336. The Balaban J connectivity index is 1.65. The molecule has 0 spiro atoms. The molecule has 2 unspecified atom stereocenters. The van der Waals surface area contributed by atoms with Crippen LogP contribution in [0.15, 0.2) is 72.6 Å². The fourth-order valence-electron chi connectivity index (χ4n) is 4.83. The standard InChI is InChI=1S/C25H18ClFN8O/c1-2-25(27)10-18(33(13-25)23-19-15(11-28)12-29-21(19)30-14-31-23)22-32-34-9-8-17(26)20(34)24(36)35(22)16-6-4-3-5-7-16/h2-9,12,14,18H,1,10,13H2,(H,29,30,31). The first-order chi connectivity index (χ1) is 17.4. The maximum atomic E-state index is 16.0. The van der Waals surface area contributed by atoms with Crippen molar-refractivity contribution >= 4 is 34.0 Å². The molecule has 5 aromatic rings. The Labute approximate surface area is 208 Å². The van der Waals surface area contributed by atoms with Gasteiger partial charge >= 0.3 is 0 Å². The van der Waals surface area contributed by atoms with Crippen LogP contribution in [0.2, 0.25) is 5.02 Å². The minimum Gasteiger partial charge on any atom is -0.345 e. The predicted octanol–water partition coefficient (Wildman–Crippen LogP) is 4.13. The Morgan fingerprint density at radius 1 is 1.28 bits per heavy atom. The number of nitriles is 1. The number of alkyl halides is 1. The van der Waals surface area contributed by atoms with Crippen molar-refractivity contribution in [2.75, 3.05) is 11.4 Å². The van der Waals surface area contributed by atoms with Crippen LogP contribution in [-0.2, 0) is 0 Å². The average Bonchev–Trinajstić information content (AvgIpc) is 3.59. The van der Waals surface area contributed by atoms with Gasteiger partial charge in [-0.15, -0.1) is 0 Å². The van der Waals surface area contributed by atoms with Gasteiger partial charge in [-0.3, -0.25) is 9.36 Å². The first kappa shape index (κ1) is 22.0. The fraction of sp³-hybridized carbons (Fsp3) is 0.160. The first-order valence-electron chi connectivity index (χ1n) is 11.1. The summed E-state index contributed by atoms with van der Waals surface area (Å²) in [6, 6.07) is 12.0. The maximum absolute atomic E-state index is 16.0. The molecule has 1 fully saturated rings. The smallest absolute Gasteiger partial charge is 0.284 e. The molecular weight excluding hydrogens is 483 g/mol. The summed E-state index contributed by atoms with van der Waals surface area (Å²) in [6.45, 7) is 3.60. The van der Waals surface area contributed by atoms with Crippen LogP contribution in [0.5, 0.6) is 0 Å². The van der Waals surface area contributed by atoms with Gasteiger partial charge in [-0.05, 0) is 18.2 Å². The Kier molecular flexibility index (Phi) is 4.91. The molecular formula is C25H18ClFN8O. The van der Waals surface area contributed by atoms with Crippen molar-refractivity contribution in [2.24, 2.45) is 0 Å². The number of hydrogen-bond acceptors (Lipinski definition) is 6. The van der Waals surface area contributed by atoms with Gasteiger partial charge in [0, 0.05) is 18.8 Å². The number of halogens is 2. The number of nitrogens with one attached hydrogen (secondary N) is 1. The normalized spacial score (nSPS) is 19.7. The van der Waals surface area contributed by atoms with Crippen molar-refractivity contribution in [3.63, 3.8) is 0 Å². The van der Waals surface area contributed by atoms with E-state index in [0.717, 1.165) is 0 Å². The van der Waals surface area contributed by atoms with E-state index in [2.05, 4.69) is 27.6 Å². The molecule has 6 rings (SSSR count). The Hall–Kier alpha value is -4.49. The highest BCUT2D eigenvalue weighted by Crippen LogP contribution is 2.44. The van der Waals surface area contributed by atoms with Gasteiger partial charge in [-0.1, -0.05) is 42.5 Å². The number of nitrogens with zero attached hydrogens (tertiary/aromatic N) is 7. The van der Waals surface area contributed by atoms with Gasteiger partial charge < -0.3 is 9.88 Å². The zero-order chi connectivity index (χ0) is 25.0. The SMILES string of the molecule is C=CC1(F)CC(c2nn3ccc(Cl)c3c(=O)n2-c2ccccc2)N(c2ncnc3[nH]cc(C#N)c23)C1. The number of aromatic amines is 1. The van der Waals surface area contributed by atoms with E-state index < -0.39 is 11.7 Å². The maximum Gasteiger partial charge on any atom is 0.284 e. The summed E-state index contributed by atoms with van der Waals surface area (Å²) >= 11 is 6.32. The van der Waals surface area contributed by atoms with Gasteiger partial charge in [-0.2, -0.15) is 10.4 Å². The van der Waals surface area contributed by atoms with Crippen LogP contribution in [0.3, 0.4) is 0 Å². The van der Waals surface area contributed by atoms with E-state index in [-0.39, 0.29) is 29.1 Å². The van der Waals surface area contributed by atoms with Crippen LogP contribution in [-0.4, -0.2) is 41.3 Å². The molecule has 1 aliphatic rings. The van der Waals surface area contributed by atoms with Crippen LogP contribution < -0.4 is 10.5 Å². The van der Waals surface area contributed by atoms with E-state index in [1.165, 1.54) is 27.7 Å². The lowest BCUT2D eigenvalue weighted by Crippen LogP contribution is -2.33.